The summed E-state index contributed by atoms with van der Waals surface area (Å²) in [6.45, 7) is 10.6. The summed E-state index contributed by atoms with van der Waals surface area (Å²) in [6.07, 6.45) is 2.00. The van der Waals surface area contributed by atoms with Gasteiger partial charge in [-0.05, 0) is 26.7 Å². The fourth-order valence-corrected chi connectivity index (χ4v) is 0.373. The van der Waals surface area contributed by atoms with E-state index in [9.17, 15) is 0 Å². The van der Waals surface area contributed by atoms with E-state index in [1.807, 2.05) is 6.21 Å². The Morgan fingerprint density at radius 1 is 1.22 bits per heavy atom. The Morgan fingerprint density at radius 3 is 1.78 bits per heavy atom. The minimum atomic E-state index is 0.101. The van der Waals surface area contributed by atoms with E-state index in [0.29, 0.717) is 5.92 Å². The molecule has 0 heterocycles. The first kappa shape index (κ1) is 8.67. The summed E-state index contributed by atoms with van der Waals surface area (Å²) >= 11 is 0. The molecule has 0 spiro atoms. The summed E-state index contributed by atoms with van der Waals surface area (Å²) in [5.74, 6) is 0.573. The van der Waals surface area contributed by atoms with Gasteiger partial charge in [0.1, 0.15) is 0 Å². The van der Waals surface area contributed by atoms with Crippen molar-refractivity contribution in [3.8, 4) is 0 Å². The molecule has 0 unspecified atom stereocenters. The molecule has 0 aromatic rings. The monoisotopic (exact) mass is 127 g/mol. The molecule has 0 fully saturated rings. The molecule has 0 aliphatic heterocycles. The van der Waals surface area contributed by atoms with Gasteiger partial charge in [-0.1, -0.05) is 13.8 Å². The van der Waals surface area contributed by atoms with Crippen molar-refractivity contribution in [1.82, 2.24) is 0 Å². The third kappa shape index (κ3) is 7.67. The molecule has 9 heavy (non-hydrogen) atoms. The molecule has 0 saturated heterocycles. The number of hydrogen-bond donors (Lipinski definition) is 0. The highest BCUT2D eigenvalue weighted by Gasteiger charge is 2.04. The molecule has 0 aromatic heterocycles. The Balaban J connectivity index is 3.71. The zero-order valence-electron chi connectivity index (χ0n) is 7.10. The Labute approximate surface area is 58.2 Å². The molecule has 0 saturated carbocycles. The van der Waals surface area contributed by atoms with Crippen LogP contribution in [0, 0.1) is 5.92 Å². The molecule has 0 bridgehead atoms. The van der Waals surface area contributed by atoms with Crippen molar-refractivity contribution in [2.75, 3.05) is 0 Å². The van der Waals surface area contributed by atoms with E-state index in [1.54, 1.807) is 0 Å². The predicted octanol–water partition coefficient (Wildman–Crippen LogP) is 2.51. The van der Waals surface area contributed by atoms with E-state index in [-0.39, 0.29) is 5.54 Å². The van der Waals surface area contributed by atoms with Crippen LogP contribution in [-0.2, 0) is 0 Å². The molecular weight excluding hydrogens is 110 g/mol. The highest BCUT2D eigenvalue weighted by Crippen LogP contribution is 2.05. The van der Waals surface area contributed by atoms with Crippen molar-refractivity contribution in [2.24, 2.45) is 10.9 Å². The standard InChI is InChI=1S/C8H17N/c1-7(2)6-9-8(3,4)5/h6-7H,1-5H3/b9-6+. The van der Waals surface area contributed by atoms with Crippen LogP contribution in [0.1, 0.15) is 34.6 Å². The van der Waals surface area contributed by atoms with Gasteiger partial charge in [-0.2, -0.15) is 0 Å². The highest BCUT2D eigenvalue weighted by atomic mass is 14.8. The molecule has 1 nitrogen and oxygen atoms in total. The Bertz CT molecular complexity index is 95.6. The van der Waals surface area contributed by atoms with Crippen LogP contribution in [0.25, 0.3) is 0 Å². The first-order chi connectivity index (χ1) is 3.92. The van der Waals surface area contributed by atoms with Gasteiger partial charge < -0.3 is 0 Å². The Kier molecular flexibility index (Phi) is 2.89. The van der Waals surface area contributed by atoms with Gasteiger partial charge in [0, 0.05) is 6.21 Å². The SMILES string of the molecule is CC(C)/C=N/C(C)(C)C. The van der Waals surface area contributed by atoms with E-state index in [0.717, 1.165) is 0 Å². The summed E-state index contributed by atoms with van der Waals surface area (Å²) in [5.41, 5.74) is 0.101. The molecule has 1 heteroatoms. The van der Waals surface area contributed by atoms with Gasteiger partial charge in [0.05, 0.1) is 5.54 Å². The van der Waals surface area contributed by atoms with Crippen molar-refractivity contribution in [1.29, 1.82) is 0 Å². The van der Waals surface area contributed by atoms with E-state index in [4.69, 9.17) is 0 Å². The average molecular weight is 127 g/mol. The van der Waals surface area contributed by atoms with E-state index in [2.05, 4.69) is 39.6 Å². The van der Waals surface area contributed by atoms with Gasteiger partial charge in [-0.3, -0.25) is 4.99 Å². The summed E-state index contributed by atoms with van der Waals surface area (Å²) in [6, 6.07) is 0. The number of nitrogens with zero attached hydrogens (tertiary/aromatic N) is 1. The minimum absolute atomic E-state index is 0.101. The van der Waals surface area contributed by atoms with Crippen LogP contribution in [0.3, 0.4) is 0 Å². The molecule has 0 rings (SSSR count). The largest absolute Gasteiger partial charge is 0.292 e. The zero-order valence-corrected chi connectivity index (χ0v) is 7.10. The molecule has 0 aliphatic rings. The van der Waals surface area contributed by atoms with Gasteiger partial charge in [0.15, 0.2) is 0 Å². The fourth-order valence-electron chi connectivity index (χ4n) is 0.373. The van der Waals surface area contributed by atoms with Crippen LogP contribution in [0.15, 0.2) is 4.99 Å². The second-order valence-electron chi connectivity index (χ2n) is 3.69. The van der Waals surface area contributed by atoms with Crippen LogP contribution in [0.4, 0.5) is 0 Å². The van der Waals surface area contributed by atoms with Gasteiger partial charge in [0.25, 0.3) is 0 Å². The first-order valence-electron chi connectivity index (χ1n) is 3.47. The fraction of sp³-hybridized carbons (Fsp3) is 0.875. The Morgan fingerprint density at radius 2 is 1.67 bits per heavy atom. The topological polar surface area (TPSA) is 12.4 Å². The lowest BCUT2D eigenvalue weighted by atomic mass is 10.1. The first-order valence-corrected chi connectivity index (χ1v) is 3.47. The molecule has 0 aromatic carbocycles. The minimum Gasteiger partial charge on any atom is -0.292 e. The smallest absolute Gasteiger partial charge is 0.0520 e. The van der Waals surface area contributed by atoms with Crippen LogP contribution in [0.2, 0.25) is 0 Å². The molecular formula is C8H17N. The van der Waals surface area contributed by atoms with Crippen molar-refractivity contribution in [3.63, 3.8) is 0 Å². The molecule has 0 atom stereocenters. The van der Waals surface area contributed by atoms with Gasteiger partial charge >= 0.3 is 0 Å². The quantitative estimate of drug-likeness (QED) is 0.480. The van der Waals surface area contributed by atoms with Crippen LogP contribution < -0.4 is 0 Å². The maximum Gasteiger partial charge on any atom is 0.0520 e. The lowest BCUT2D eigenvalue weighted by molar-refractivity contribution is 0.581. The lowest BCUT2D eigenvalue weighted by Crippen LogP contribution is -2.10. The van der Waals surface area contributed by atoms with Crippen molar-refractivity contribution >= 4 is 6.21 Å². The van der Waals surface area contributed by atoms with Crippen LogP contribution in [-0.4, -0.2) is 11.8 Å². The maximum absolute atomic E-state index is 4.33. The van der Waals surface area contributed by atoms with Gasteiger partial charge in [-0.25, -0.2) is 0 Å². The second kappa shape index (κ2) is 3.00. The normalized spacial score (nSPS) is 13.6. The predicted molar refractivity (Wildman–Crippen MR) is 43.1 cm³/mol. The second-order valence-corrected chi connectivity index (χ2v) is 3.69. The van der Waals surface area contributed by atoms with Crippen molar-refractivity contribution in [3.05, 3.63) is 0 Å². The maximum atomic E-state index is 4.33. The third-order valence-electron chi connectivity index (χ3n) is 0.760. The molecule has 54 valence electrons. The molecule has 0 aliphatic carbocycles. The zero-order chi connectivity index (χ0) is 7.49. The van der Waals surface area contributed by atoms with E-state index < -0.39 is 0 Å². The average Bonchev–Trinajstić information content (AvgIpc) is 1.59. The van der Waals surface area contributed by atoms with Crippen LogP contribution in [0.5, 0.6) is 0 Å². The van der Waals surface area contributed by atoms with Gasteiger partial charge in [-0.15, -0.1) is 0 Å². The molecule has 0 amide bonds. The van der Waals surface area contributed by atoms with Crippen molar-refractivity contribution < 1.29 is 0 Å². The van der Waals surface area contributed by atoms with Crippen LogP contribution >= 0.6 is 0 Å². The van der Waals surface area contributed by atoms with Gasteiger partial charge in [0.2, 0.25) is 0 Å². The third-order valence-corrected chi connectivity index (χ3v) is 0.760. The lowest BCUT2D eigenvalue weighted by Gasteiger charge is -2.11. The van der Waals surface area contributed by atoms with E-state index >= 15 is 0 Å². The number of rotatable bonds is 1. The molecule has 0 radical (unpaired) electrons. The highest BCUT2D eigenvalue weighted by molar-refractivity contribution is 5.60. The number of hydrogen-bond acceptors (Lipinski definition) is 1. The summed E-state index contributed by atoms with van der Waals surface area (Å²) < 4.78 is 0. The van der Waals surface area contributed by atoms with Crippen molar-refractivity contribution in [2.45, 2.75) is 40.2 Å². The summed E-state index contributed by atoms with van der Waals surface area (Å²) in [5, 5.41) is 0. The molecule has 0 N–H and O–H groups in total. The summed E-state index contributed by atoms with van der Waals surface area (Å²) in [4.78, 5) is 4.33. The summed E-state index contributed by atoms with van der Waals surface area (Å²) in [7, 11) is 0. The van der Waals surface area contributed by atoms with E-state index in [1.165, 1.54) is 0 Å². The Hall–Kier alpha value is -0.330. The number of aliphatic imine (C=N–C) groups is 1.